The van der Waals surface area contributed by atoms with Gasteiger partial charge in [-0.05, 0) is 0 Å². The SMILES string of the molecule is N#COC(=O)N(N)[N+](=O)[O-]. The number of nitriles is 1. The highest BCUT2D eigenvalue weighted by Gasteiger charge is 2.21. The average molecular weight is 146 g/mol. The molecule has 0 aromatic heterocycles. The molecule has 0 radical (unpaired) electrons. The zero-order valence-corrected chi connectivity index (χ0v) is 4.55. The summed E-state index contributed by atoms with van der Waals surface area (Å²) in [5.41, 5.74) is 0. The minimum atomic E-state index is -1.53. The second kappa shape index (κ2) is 3.21. The van der Waals surface area contributed by atoms with Crippen molar-refractivity contribution >= 4 is 6.09 Å². The maximum Gasteiger partial charge on any atom is 0.499 e. The number of carbonyl (C=O) groups is 1. The molecular weight excluding hydrogens is 144 g/mol. The molecule has 0 aromatic rings. The first-order valence-electron chi connectivity index (χ1n) is 1.88. The van der Waals surface area contributed by atoms with Crippen LogP contribution in [0.25, 0.3) is 0 Å². The van der Waals surface area contributed by atoms with Crippen molar-refractivity contribution in [3.05, 3.63) is 10.1 Å². The molecule has 0 saturated heterocycles. The van der Waals surface area contributed by atoms with E-state index in [4.69, 9.17) is 5.26 Å². The van der Waals surface area contributed by atoms with Gasteiger partial charge in [0.1, 0.15) is 0 Å². The van der Waals surface area contributed by atoms with E-state index >= 15 is 0 Å². The van der Waals surface area contributed by atoms with Crippen LogP contribution in [0.15, 0.2) is 0 Å². The highest BCUT2D eigenvalue weighted by molar-refractivity contribution is 5.66. The average Bonchev–Trinajstić information content (AvgIpc) is 1.87. The second-order valence-corrected chi connectivity index (χ2v) is 1.04. The molecule has 0 spiro atoms. The van der Waals surface area contributed by atoms with Crippen LogP contribution < -0.4 is 5.84 Å². The number of ether oxygens (including phenoxy) is 1. The molecule has 8 nitrogen and oxygen atoms in total. The molecule has 2 N–H and O–H groups in total. The summed E-state index contributed by atoms with van der Waals surface area (Å²) in [5.74, 6) is 4.45. The van der Waals surface area contributed by atoms with E-state index < -0.39 is 16.2 Å². The molecule has 0 atom stereocenters. The summed E-state index contributed by atoms with van der Waals surface area (Å²) in [6.07, 6.45) is -0.607. The molecular formula is C2H2N4O4. The molecule has 1 amide bonds. The Morgan fingerprint density at radius 3 is 2.70 bits per heavy atom. The third-order valence-electron chi connectivity index (χ3n) is 0.496. The van der Waals surface area contributed by atoms with Crippen LogP contribution in [0.1, 0.15) is 0 Å². The van der Waals surface area contributed by atoms with Gasteiger partial charge in [-0.2, -0.15) is 5.84 Å². The quantitative estimate of drug-likeness (QED) is 0.166. The Bertz CT molecular complexity index is 194. The van der Waals surface area contributed by atoms with Crippen molar-refractivity contribution in [1.29, 1.82) is 5.26 Å². The Kier molecular flexibility index (Phi) is 2.60. The zero-order valence-electron chi connectivity index (χ0n) is 4.55. The first-order valence-corrected chi connectivity index (χ1v) is 1.88. The summed E-state index contributed by atoms with van der Waals surface area (Å²) in [4.78, 5) is 19.7. The lowest BCUT2D eigenvalue weighted by Crippen LogP contribution is -2.41. The molecule has 0 rings (SSSR count). The van der Waals surface area contributed by atoms with Crippen molar-refractivity contribution < 1.29 is 14.6 Å². The van der Waals surface area contributed by atoms with E-state index in [9.17, 15) is 14.9 Å². The summed E-state index contributed by atoms with van der Waals surface area (Å²) in [5, 5.41) is 15.6. The number of nitrogens with zero attached hydrogens (tertiary/aromatic N) is 3. The van der Waals surface area contributed by atoms with Gasteiger partial charge in [0, 0.05) is 0 Å². The molecule has 0 saturated carbocycles. The summed E-state index contributed by atoms with van der Waals surface area (Å²) >= 11 is 0. The Morgan fingerprint density at radius 1 is 1.90 bits per heavy atom. The molecule has 0 aliphatic heterocycles. The normalized spacial score (nSPS) is 7.60. The number of nitro groups is 1. The first-order chi connectivity index (χ1) is 4.59. The lowest BCUT2D eigenvalue weighted by Gasteiger charge is -1.99. The van der Waals surface area contributed by atoms with Crippen molar-refractivity contribution in [3.8, 4) is 6.26 Å². The Balaban J connectivity index is 3.98. The van der Waals surface area contributed by atoms with Gasteiger partial charge in [-0.15, -0.1) is 5.26 Å². The number of hydrogen-bond donors (Lipinski definition) is 1. The van der Waals surface area contributed by atoms with E-state index in [-0.39, 0.29) is 0 Å². The second-order valence-electron chi connectivity index (χ2n) is 1.04. The molecule has 0 fully saturated rings. The third kappa shape index (κ3) is 1.93. The van der Waals surface area contributed by atoms with Gasteiger partial charge in [0.25, 0.3) is 6.26 Å². The lowest BCUT2D eigenvalue weighted by molar-refractivity contribution is -0.637. The molecule has 10 heavy (non-hydrogen) atoms. The van der Waals surface area contributed by atoms with Crippen molar-refractivity contribution in [3.63, 3.8) is 0 Å². The van der Waals surface area contributed by atoms with Crippen molar-refractivity contribution in [2.45, 2.75) is 0 Å². The smallest absolute Gasteiger partial charge is 0.329 e. The van der Waals surface area contributed by atoms with E-state index in [2.05, 4.69) is 10.6 Å². The van der Waals surface area contributed by atoms with Crippen LogP contribution in [0.3, 0.4) is 0 Å². The van der Waals surface area contributed by atoms with Gasteiger partial charge < -0.3 is 4.74 Å². The monoisotopic (exact) mass is 146 g/mol. The topological polar surface area (TPSA) is 122 Å². The van der Waals surface area contributed by atoms with Gasteiger partial charge in [0.05, 0.1) is 5.12 Å². The van der Waals surface area contributed by atoms with Crippen molar-refractivity contribution in [2.75, 3.05) is 0 Å². The Morgan fingerprint density at radius 2 is 2.40 bits per heavy atom. The molecule has 0 heterocycles. The molecule has 0 aromatic carbocycles. The first kappa shape index (κ1) is 8.12. The standard InChI is InChI=1S/C2H2N4O4/c3-1-10-2(7)5(4)6(8)9/h4H2. The van der Waals surface area contributed by atoms with E-state index in [0.717, 1.165) is 6.26 Å². The Hall–Kier alpha value is -1.88. The van der Waals surface area contributed by atoms with E-state index in [1.165, 1.54) is 0 Å². The van der Waals surface area contributed by atoms with Crippen LogP contribution in [0.5, 0.6) is 0 Å². The fourth-order valence-corrected chi connectivity index (χ4v) is 0.152. The largest absolute Gasteiger partial charge is 0.499 e. The summed E-state index contributed by atoms with van der Waals surface area (Å²) in [7, 11) is 0. The highest BCUT2D eigenvalue weighted by atomic mass is 16.7. The van der Waals surface area contributed by atoms with Gasteiger partial charge in [-0.25, -0.2) is 14.9 Å². The lowest BCUT2D eigenvalue weighted by atomic mass is 11.2. The van der Waals surface area contributed by atoms with Crippen LogP contribution in [-0.2, 0) is 4.74 Å². The number of amides is 1. The summed E-state index contributed by atoms with van der Waals surface area (Å²) < 4.78 is 3.49. The van der Waals surface area contributed by atoms with Gasteiger partial charge in [0.15, 0.2) is 5.03 Å². The van der Waals surface area contributed by atoms with Crippen LogP contribution in [0.2, 0.25) is 0 Å². The minimum Gasteiger partial charge on any atom is -0.329 e. The van der Waals surface area contributed by atoms with E-state index in [0.29, 0.717) is 0 Å². The predicted octanol–water partition coefficient (Wildman–Crippen LogP) is -1.03. The molecule has 0 bridgehead atoms. The van der Waals surface area contributed by atoms with E-state index in [1.807, 2.05) is 0 Å². The summed E-state index contributed by atoms with van der Waals surface area (Å²) in [6, 6.07) is 0. The summed E-state index contributed by atoms with van der Waals surface area (Å²) in [6.45, 7) is 0. The van der Waals surface area contributed by atoms with Crippen LogP contribution >= 0.6 is 0 Å². The fraction of sp³-hybridized carbons (Fsp3) is 0. The maximum atomic E-state index is 10.1. The molecule has 0 aliphatic rings. The van der Waals surface area contributed by atoms with Gasteiger partial charge in [-0.3, -0.25) is 0 Å². The maximum absolute atomic E-state index is 10.1. The molecule has 54 valence electrons. The van der Waals surface area contributed by atoms with Crippen LogP contribution in [0, 0.1) is 21.6 Å². The number of nitrogens with two attached hydrogens (primary N) is 1. The predicted molar refractivity (Wildman–Crippen MR) is 25.1 cm³/mol. The van der Waals surface area contributed by atoms with Crippen molar-refractivity contribution in [1.82, 2.24) is 5.12 Å². The minimum absolute atomic E-state index is 0.441. The molecule has 8 heteroatoms. The van der Waals surface area contributed by atoms with E-state index in [1.54, 1.807) is 0 Å². The van der Waals surface area contributed by atoms with Crippen LogP contribution in [-0.4, -0.2) is 16.2 Å². The zero-order chi connectivity index (χ0) is 8.15. The van der Waals surface area contributed by atoms with Gasteiger partial charge in [-0.1, -0.05) is 0 Å². The fourth-order valence-electron chi connectivity index (χ4n) is 0.152. The number of hydrazine groups is 2. The molecule has 0 aliphatic carbocycles. The number of rotatable bonds is 1. The van der Waals surface area contributed by atoms with Crippen LogP contribution in [0.4, 0.5) is 4.79 Å². The van der Waals surface area contributed by atoms with Crippen molar-refractivity contribution in [2.24, 2.45) is 5.84 Å². The Labute approximate surface area is 54.5 Å². The number of hydrogen-bond acceptors (Lipinski definition) is 6. The van der Waals surface area contributed by atoms with Gasteiger partial charge in [0.2, 0.25) is 0 Å². The molecule has 0 unspecified atom stereocenters. The third-order valence-corrected chi connectivity index (χ3v) is 0.496. The highest BCUT2D eigenvalue weighted by Crippen LogP contribution is 1.83. The number of carbonyl (C=O) groups excluding carboxylic acids is 1. The van der Waals surface area contributed by atoms with Gasteiger partial charge >= 0.3 is 6.09 Å².